The van der Waals surface area contributed by atoms with Crippen molar-refractivity contribution in [3.63, 3.8) is 0 Å². The third-order valence-corrected chi connectivity index (χ3v) is 2.76. The molecule has 0 bridgehead atoms. The lowest BCUT2D eigenvalue weighted by Crippen LogP contribution is -2.24. The van der Waals surface area contributed by atoms with Gasteiger partial charge in [-0.15, -0.1) is 0 Å². The van der Waals surface area contributed by atoms with Gasteiger partial charge in [-0.3, -0.25) is 0 Å². The Hall–Kier alpha value is -1.68. The highest BCUT2D eigenvalue weighted by Crippen LogP contribution is 2.33. The molecule has 2 rings (SSSR count). The Kier molecular flexibility index (Phi) is 3.24. The highest BCUT2D eigenvalue weighted by molar-refractivity contribution is 5.88. The zero-order chi connectivity index (χ0) is 12.4. The molecule has 0 atom stereocenters. The van der Waals surface area contributed by atoms with Crippen molar-refractivity contribution in [2.75, 3.05) is 6.54 Å². The number of aromatic hydroxyl groups is 2. The molecule has 4 nitrogen and oxygen atoms in total. The summed E-state index contributed by atoms with van der Waals surface area (Å²) in [6.07, 6.45) is 0.868. The summed E-state index contributed by atoms with van der Waals surface area (Å²) in [5.41, 5.74) is 1.90. The van der Waals surface area contributed by atoms with Crippen LogP contribution in [-0.4, -0.2) is 27.8 Å². The van der Waals surface area contributed by atoms with E-state index in [9.17, 15) is 10.2 Å². The molecule has 0 amide bonds. The Morgan fingerprint density at radius 1 is 1.29 bits per heavy atom. The normalized spacial score (nSPS) is 11.5. The second kappa shape index (κ2) is 4.67. The molecule has 0 aliphatic heterocycles. The molecule has 0 radical (unpaired) electrons. The van der Waals surface area contributed by atoms with E-state index in [1.807, 2.05) is 6.07 Å². The fourth-order valence-electron chi connectivity index (χ4n) is 1.87. The second-order valence-electron chi connectivity index (χ2n) is 4.55. The number of nitrogens with one attached hydrogen (secondary N) is 2. The van der Waals surface area contributed by atoms with Crippen molar-refractivity contribution in [2.45, 2.75) is 26.3 Å². The lowest BCUT2D eigenvalue weighted by Gasteiger charge is -2.06. The molecule has 1 aromatic carbocycles. The van der Waals surface area contributed by atoms with E-state index in [4.69, 9.17) is 0 Å². The zero-order valence-electron chi connectivity index (χ0n) is 10.1. The van der Waals surface area contributed by atoms with Gasteiger partial charge in [0.15, 0.2) is 11.5 Å². The maximum Gasteiger partial charge on any atom is 0.166 e. The van der Waals surface area contributed by atoms with Crippen molar-refractivity contribution in [3.8, 4) is 11.5 Å². The standard InChI is InChI=1S/C13H18N2O2/c1-8(2)14-6-5-9-7-10-11(15-9)3-4-12(16)13(10)17/h3-4,7-8,14-17H,5-6H2,1-2H3. The monoisotopic (exact) mass is 234 g/mol. The van der Waals surface area contributed by atoms with Crippen molar-refractivity contribution >= 4 is 10.9 Å². The Bertz CT molecular complexity index is 517. The van der Waals surface area contributed by atoms with Crippen molar-refractivity contribution in [1.82, 2.24) is 10.3 Å². The van der Waals surface area contributed by atoms with Crippen molar-refractivity contribution in [1.29, 1.82) is 0 Å². The number of rotatable bonds is 4. The minimum atomic E-state index is -0.0802. The van der Waals surface area contributed by atoms with E-state index in [-0.39, 0.29) is 11.5 Å². The Labute approximate surface area is 100 Å². The number of phenols is 2. The summed E-state index contributed by atoms with van der Waals surface area (Å²) >= 11 is 0. The SMILES string of the molecule is CC(C)NCCc1cc2c(O)c(O)ccc2[nH]1. The summed E-state index contributed by atoms with van der Waals surface area (Å²) in [4.78, 5) is 3.23. The van der Waals surface area contributed by atoms with Gasteiger partial charge in [-0.1, -0.05) is 13.8 Å². The Balaban J connectivity index is 2.17. The minimum absolute atomic E-state index is 0.0539. The molecule has 0 aliphatic carbocycles. The number of hydrogen-bond acceptors (Lipinski definition) is 3. The van der Waals surface area contributed by atoms with Gasteiger partial charge in [0.05, 0.1) is 0 Å². The second-order valence-corrected chi connectivity index (χ2v) is 4.55. The van der Waals surface area contributed by atoms with Gasteiger partial charge in [0.2, 0.25) is 0 Å². The average Bonchev–Trinajstić information content (AvgIpc) is 2.67. The van der Waals surface area contributed by atoms with Gasteiger partial charge in [-0.25, -0.2) is 0 Å². The van der Waals surface area contributed by atoms with E-state index in [0.29, 0.717) is 11.4 Å². The van der Waals surface area contributed by atoms with Gasteiger partial charge >= 0.3 is 0 Å². The smallest absolute Gasteiger partial charge is 0.166 e. The predicted octanol–water partition coefficient (Wildman–Crippen LogP) is 2.12. The van der Waals surface area contributed by atoms with Crippen LogP contribution in [0.2, 0.25) is 0 Å². The van der Waals surface area contributed by atoms with Crippen LogP contribution in [0.15, 0.2) is 18.2 Å². The lowest BCUT2D eigenvalue weighted by atomic mass is 10.2. The van der Waals surface area contributed by atoms with Gasteiger partial charge in [0.1, 0.15) is 0 Å². The predicted molar refractivity (Wildman–Crippen MR) is 68.5 cm³/mol. The van der Waals surface area contributed by atoms with Crippen LogP contribution in [0.4, 0.5) is 0 Å². The van der Waals surface area contributed by atoms with Crippen molar-refractivity contribution in [2.24, 2.45) is 0 Å². The quantitative estimate of drug-likeness (QED) is 0.612. The molecule has 0 aliphatic rings. The number of fused-ring (bicyclic) bond motifs is 1. The Morgan fingerprint density at radius 2 is 2.06 bits per heavy atom. The van der Waals surface area contributed by atoms with Gasteiger partial charge in [0, 0.05) is 29.2 Å². The highest BCUT2D eigenvalue weighted by atomic mass is 16.3. The van der Waals surface area contributed by atoms with Gasteiger partial charge in [-0.05, 0) is 24.6 Å². The third-order valence-electron chi connectivity index (χ3n) is 2.76. The van der Waals surface area contributed by atoms with Crippen LogP contribution in [-0.2, 0) is 6.42 Å². The van der Waals surface area contributed by atoms with Crippen LogP contribution in [0, 0.1) is 0 Å². The van der Waals surface area contributed by atoms with E-state index in [1.54, 1.807) is 6.07 Å². The van der Waals surface area contributed by atoms with E-state index >= 15 is 0 Å². The maximum atomic E-state index is 9.70. The molecule has 0 unspecified atom stereocenters. The number of benzene rings is 1. The first-order valence-electron chi connectivity index (χ1n) is 5.84. The first kappa shape index (κ1) is 11.8. The molecule has 1 heterocycles. The summed E-state index contributed by atoms with van der Waals surface area (Å²) in [7, 11) is 0. The molecule has 92 valence electrons. The minimum Gasteiger partial charge on any atom is -0.504 e. The molecule has 0 fully saturated rings. The van der Waals surface area contributed by atoms with E-state index < -0.39 is 0 Å². The molecule has 4 N–H and O–H groups in total. The molecule has 4 heteroatoms. The first-order chi connectivity index (χ1) is 8.08. The van der Waals surface area contributed by atoms with Crippen molar-refractivity contribution in [3.05, 3.63) is 23.9 Å². The largest absolute Gasteiger partial charge is 0.504 e. The number of hydrogen-bond donors (Lipinski definition) is 4. The van der Waals surface area contributed by atoms with Crippen LogP contribution in [0.3, 0.4) is 0 Å². The summed E-state index contributed by atoms with van der Waals surface area (Å²) in [6, 6.07) is 5.61. The van der Waals surface area contributed by atoms with Gasteiger partial charge in [0.25, 0.3) is 0 Å². The van der Waals surface area contributed by atoms with Gasteiger partial charge in [-0.2, -0.15) is 0 Å². The number of aromatic nitrogens is 1. The van der Waals surface area contributed by atoms with Crippen LogP contribution in [0.1, 0.15) is 19.5 Å². The van der Waals surface area contributed by atoms with Gasteiger partial charge < -0.3 is 20.5 Å². The summed E-state index contributed by atoms with van der Waals surface area (Å²) in [5, 5.41) is 23.1. The summed E-state index contributed by atoms with van der Waals surface area (Å²) < 4.78 is 0. The van der Waals surface area contributed by atoms with Crippen LogP contribution in [0.5, 0.6) is 11.5 Å². The maximum absolute atomic E-state index is 9.70. The van der Waals surface area contributed by atoms with E-state index in [1.165, 1.54) is 6.07 Å². The van der Waals surface area contributed by atoms with E-state index in [2.05, 4.69) is 24.1 Å². The molecule has 0 saturated heterocycles. The topological polar surface area (TPSA) is 68.3 Å². The molecule has 0 saturated carbocycles. The molecule has 1 aromatic heterocycles. The third kappa shape index (κ3) is 2.53. The van der Waals surface area contributed by atoms with Crippen LogP contribution in [0.25, 0.3) is 10.9 Å². The number of aromatic amines is 1. The van der Waals surface area contributed by atoms with Crippen LogP contribution < -0.4 is 5.32 Å². The summed E-state index contributed by atoms with van der Waals surface area (Å²) in [5.74, 6) is -0.134. The molecule has 2 aromatic rings. The number of phenolic OH excluding ortho intramolecular Hbond substituents is 2. The van der Waals surface area contributed by atoms with E-state index in [0.717, 1.165) is 24.2 Å². The fourth-order valence-corrected chi connectivity index (χ4v) is 1.87. The van der Waals surface area contributed by atoms with Crippen LogP contribution >= 0.6 is 0 Å². The first-order valence-corrected chi connectivity index (χ1v) is 5.84. The number of H-pyrrole nitrogens is 1. The molecule has 0 spiro atoms. The average molecular weight is 234 g/mol. The lowest BCUT2D eigenvalue weighted by molar-refractivity contribution is 0.408. The molecule has 17 heavy (non-hydrogen) atoms. The Morgan fingerprint density at radius 3 is 2.76 bits per heavy atom. The molecular weight excluding hydrogens is 216 g/mol. The highest BCUT2D eigenvalue weighted by Gasteiger charge is 2.08. The van der Waals surface area contributed by atoms with Crippen molar-refractivity contribution < 1.29 is 10.2 Å². The fraction of sp³-hybridized carbons (Fsp3) is 0.385. The molecular formula is C13H18N2O2. The summed E-state index contributed by atoms with van der Waals surface area (Å²) in [6.45, 7) is 5.10. The zero-order valence-corrected chi connectivity index (χ0v) is 10.1.